The number of nitrogens with zero attached hydrogens (tertiary/aromatic N) is 4. The predicted molar refractivity (Wildman–Crippen MR) is 209 cm³/mol. The van der Waals surface area contributed by atoms with Gasteiger partial charge < -0.3 is 8.83 Å². The van der Waals surface area contributed by atoms with Gasteiger partial charge in [-0.05, 0) is 64.2 Å². The van der Waals surface area contributed by atoms with E-state index >= 15 is 0 Å². The van der Waals surface area contributed by atoms with Crippen LogP contribution in [-0.4, -0.2) is 19.9 Å². The fourth-order valence-electron chi connectivity index (χ4n) is 7.46. The Labute approximate surface area is 296 Å². The van der Waals surface area contributed by atoms with Crippen LogP contribution >= 0.6 is 0 Å². The highest BCUT2D eigenvalue weighted by Gasteiger charge is 2.22. The van der Waals surface area contributed by atoms with E-state index < -0.39 is 0 Å². The minimum absolute atomic E-state index is 0.554. The van der Waals surface area contributed by atoms with Gasteiger partial charge in [0.25, 0.3) is 0 Å². The van der Waals surface area contributed by atoms with E-state index in [1.165, 1.54) is 0 Å². The highest BCUT2D eigenvalue weighted by molar-refractivity contribution is 6.17. The van der Waals surface area contributed by atoms with Crippen LogP contribution in [0.15, 0.2) is 167 Å². The van der Waals surface area contributed by atoms with Crippen LogP contribution in [0.25, 0.3) is 111 Å². The molecule has 52 heavy (non-hydrogen) atoms. The number of hydrogen-bond donors (Lipinski definition) is 0. The quantitative estimate of drug-likeness (QED) is 0.186. The van der Waals surface area contributed by atoms with E-state index in [2.05, 4.69) is 96.0 Å². The van der Waals surface area contributed by atoms with Gasteiger partial charge in [0.2, 0.25) is 0 Å². The summed E-state index contributed by atoms with van der Waals surface area (Å²) in [6.45, 7) is 0. The second-order valence-electron chi connectivity index (χ2n) is 13.1. The monoisotopic (exact) mass is 666 g/mol. The lowest BCUT2D eigenvalue weighted by Gasteiger charge is -2.12. The molecule has 242 valence electrons. The molecular weight excluding hydrogens is 641 g/mol. The molecule has 0 spiro atoms. The zero-order chi connectivity index (χ0) is 34.2. The maximum atomic E-state index is 6.70. The Morgan fingerprint density at radius 2 is 1.15 bits per heavy atom. The molecule has 0 unspecified atom stereocenters. The molecule has 0 aliphatic heterocycles. The lowest BCUT2D eigenvalue weighted by atomic mass is 9.96. The summed E-state index contributed by atoms with van der Waals surface area (Å²) < 4.78 is 13.2. The van der Waals surface area contributed by atoms with Gasteiger partial charge in [-0.2, -0.15) is 0 Å². The van der Waals surface area contributed by atoms with Crippen LogP contribution in [0.1, 0.15) is 0 Å². The zero-order valence-electron chi connectivity index (χ0n) is 27.6. The minimum Gasteiger partial charge on any atom is -0.456 e. The molecule has 0 amide bonds. The molecule has 11 rings (SSSR count). The van der Waals surface area contributed by atoms with Gasteiger partial charge in [-0.25, -0.2) is 15.0 Å². The molecule has 0 saturated carbocycles. The SMILES string of the molecule is c1ccc(-c2nc(-c3ccc4ccccc4c3)nc(-c3cc(-c4cccc5c4oc4ccccc45)cc4oc5cc6cnccc6cc5c34)n2)cc1. The molecule has 11 aromatic rings. The number of para-hydroxylation sites is 2. The molecule has 0 N–H and O–H groups in total. The van der Waals surface area contributed by atoms with Gasteiger partial charge in [0.1, 0.15) is 22.3 Å². The average molecular weight is 667 g/mol. The summed E-state index contributed by atoms with van der Waals surface area (Å²) in [5.74, 6) is 1.74. The standard InChI is InChI=1S/C46H26N4O2/c1-2-10-28(11-3-1)44-48-45(31-18-17-27-9-4-5-12-29(27)21-31)50-46(49-44)38-23-32(34-14-8-15-36-35-13-6-7-16-39(35)52-43(34)36)24-41-42(38)37-22-30-19-20-47-26-33(30)25-40(37)51-41/h1-26H. The Kier molecular flexibility index (Phi) is 6.15. The first-order chi connectivity index (χ1) is 25.7. The van der Waals surface area contributed by atoms with Crippen molar-refractivity contribution in [2.45, 2.75) is 0 Å². The first-order valence-electron chi connectivity index (χ1n) is 17.2. The number of rotatable bonds is 4. The van der Waals surface area contributed by atoms with Gasteiger partial charge in [-0.15, -0.1) is 0 Å². The molecule has 4 heterocycles. The molecule has 4 aromatic heterocycles. The Hall–Kier alpha value is -7.18. The van der Waals surface area contributed by atoms with Crippen molar-refractivity contribution in [3.05, 3.63) is 158 Å². The number of hydrogen-bond acceptors (Lipinski definition) is 6. The Morgan fingerprint density at radius 1 is 0.385 bits per heavy atom. The third kappa shape index (κ3) is 4.51. The van der Waals surface area contributed by atoms with Crippen molar-refractivity contribution in [3.8, 4) is 45.3 Å². The highest BCUT2D eigenvalue weighted by Crippen LogP contribution is 2.43. The van der Waals surface area contributed by atoms with Crippen LogP contribution in [-0.2, 0) is 0 Å². The van der Waals surface area contributed by atoms with Gasteiger partial charge >= 0.3 is 0 Å². The lowest BCUT2D eigenvalue weighted by Crippen LogP contribution is -2.00. The van der Waals surface area contributed by atoms with Crippen LogP contribution in [0.5, 0.6) is 0 Å². The van der Waals surface area contributed by atoms with Crippen LogP contribution in [0.3, 0.4) is 0 Å². The third-order valence-corrected chi connectivity index (χ3v) is 9.96. The summed E-state index contributed by atoms with van der Waals surface area (Å²) >= 11 is 0. The maximum absolute atomic E-state index is 6.70. The summed E-state index contributed by atoms with van der Waals surface area (Å²) in [5, 5.41) is 8.41. The highest BCUT2D eigenvalue weighted by atomic mass is 16.3. The Morgan fingerprint density at radius 3 is 2.08 bits per heavy atom. The van der Waals surface area contributed by atoms with E-state index in [9.17, 15) is 0 Å². The number of aromatic nitrogens is 4. The smallest absolute Gasteiger partial charge is 0.164 e. The molecule has 0 atom stereocenters. The number of fused-ring (bicyclic) bond motifs is 8. The Bertz CT molecular complexity index is 3200. The molecule has 7 aromatic carbocycles. The second kappa shape index (κ2) is 11.2. The molecule has 0 aliphatic carbocycles. The predicted octanol–water partition coefficient (Wildman–Crippen LogP) is 12.0. The fourth-order valence-corrected chi connectivity index (χ4v) is 7.46. The Balaban J connectivity index is 1.23. The van der Waals surface area contributed by atoms with Crippen molar-refractivity contribution in [2.24, 2.45) is 0 Å². The van der Waals surface area contributed by atoms with Gasteiger partial charge in [0.15, 0.2) is 17.5 Å². The lowest BCUT2D eigenvalue weighted by molar-refractivity contribution is 0.668. The maximum Gasteiger partial charge on any atom is 0.164 e. The molecule has 0 saturated heterocycles. The molecular formula is C46H26N4O2. The van der Waals surface area contributed by atoms with Gasteiger partial charge in [0, 0.05) is 61.6 Å². The average Bonchev–Trinajstić information content (AvgIpc) is 3.77. The molecule has 0 bridgehead atoms. The minimum atomic E-state index is 0.554. The third-order valence-electron chi connectivity index (χ3n) is 9.96. The summed E-state index contributed by atoms with van der Waals surface area (Å²) in [6, 6.07) is 49.7. The van der Waals surface area contributed by atoms with Crippen molar-refractivity contribution < 1.29 is 8.83 Å². The van der Waals surface area contributed by atoms with E-state index in [-0.39, 0.29) is 0 Å². The van der Waals surface area contributed by atoms with E-state index in [4.69, 9.17) is 23.8 Å². The normalized spacial score (nSPS) is 11.8. The number of pyridine rings is 1. The van der Waals surface area contributed by atoms with Crippen LogP contribution < -0.4 is 0 Å². The number of furan rings is 2. The van der Waals surface area contributed by atoms with Crippen molar-refractivity contribution in [2.75, 3.05) is 0 Å². The molecule has 0 radical (unpaired) electrons. The van der Waals surface area contributed by atoms with Crippen molar-refractivity contribution in [1.29, 1.82) is 0 Å². The van der Waals surface area contributed by atoms with Crippen molar-refractivity contribution in [3.63, 3.8) is 0 Å². The first kappa shape index (κ1) is 28.6. The van der Waals surface area contributed by atoms with Crippen molar-refractivity contribution >= 4 is 65.4 Å². The molecule has 0 aliphatic rings. The van der Waals surface area contributed by atoms with E-state index in [1.807, 2.05) is 67.0 Å². The topological polar surface area (TPSA) is 77.8 Å². The first-order valence-corrected chi connectivity index (χ1v) is 17.2. The summed E-state index contributed by atoms with van der Waals surface area (Å²) in [5.41, 5.74) is 7.72. The van der Waals surface area contributed by atoms with Gasteiger partial charge in [-0.3, -0.25) is 4.98 Å². The summed E-state index contributed by atoms with van der Waals surface area (Å²) in [7, 11) is 0. The van der Waals surface area contributed by atoms with Gasteiger partial charge in [-0.1, -0.05) is 103 Å². The largest absolute Gasteiger partial charge is 0.456 e. The van der Waals surface area contributed by atoms with E-state index in [0.29, 0.717) is 17.5 Å². The second-order valence-corrected chi connectivity index (χ2v) is 13.1. The summed E-state index contributed by atoms with van der Waals surface area (Å²) in [4.78, 5) is 19.8. The molecule has 6 nitrogen and oxygen atoms in total. The molecule has 6 heteroatoms. The van der Waals surface area contributed by atoms with Crippen LogP contribution in [0.4, 0.5) is 0 Å². The zero-order valence-corrected chi connectivity index (χ0v) is 27.6. The number of benzene rings is 7. The van der Waals surface area contributed by atoms with Gasteiger partial charge in [0.05, 0.1) is 0 Å². The van der Waals surface area contributed by atoms with Crippen LogP contribution in [0, 0.1) is 0 Å². The van der Waals surface area contributed by atoms with Crippen LogP contribution in [0.2, 0.25) is 0 Å². The fraction of sp³-hybridized carbons (Fsp3) is 0. The van der Waals surface area contributed by atoms with Crippen molar-refractivity contribution in [1.82, 2.24) is 19.9 Å². The van der Waals surface area contributed by atoms with E-state index in [0.717, 1.165) is 93.2 Å². The summed E-state index contributed by atoms with van der Waals surface area (Å²) in [6.07, 6.45) is 3.68. The van der Waals surface area contributed by atoms with E-state index in [1.54, 1.807) is 0 Å². The molecule has 0 fully saturated rings.